The molecule has 0 saturated carbocycles. The number of carbonyl (C=O) groups is 1. The maximum absolute atomic E-state index is 10.7. The Labute approximate surface area is 64.1 Å². The van der Waals surface area contributed by atoms with E-state index >= 15 is 0 Å². The zero-order valence-electron chi connectivity index (χ0n) is 5.70. The number of anilines is 1. The van der Waals surface area contributed by atoms with E-state index in [9.17, 15) is 4.79 Å². The summed E-state index contributed by atoms with van der Waals surface area (Å²) in [6.07, 6.45) is 0. The van der Waals surface area contributed by atoms with Crippen LogP contribution in [0.5, 0.6) is 0 Å². The van der Waals surface area contributed by atoms with E-state index in [1.165, 1.54) is 16.2 Å². The van der Waals surface area contributed by atoms with Crippen LogP contribution >= 0.6 is 11.3 Å². The van der Waals surface area contributed by atoms with Crippen molar-refractivity contribution in [3.8, 4) is 0 Å². The Morgan fingerprint density at radius 3 is 2.90 bits per heavy atom. The molecule has 0 fully saturated rings. The Morgan fingerprint density at radius 2 is 2.50 bits per heavy atom. The van der Waals surface area contributed by atoms with Crippen molar-refractivity contribution in [2.24, 2.45) is 0 Å². The van der Waals surface area contributed by atoms with Crippen LogP contribution in [0.4, 0.5) is 5.00 Å². The van der Waals surface area contributed by atoms with Gasteiger partial charge >= 0.3 is 0 Å². The molecule has 0 saturated heterocycles. The molecule has 1 amide bonds. The second-order valence-electron chi connectivity index (χ2n) is 1.90. The van der Waals surface area contributed by atoms with Crippen molar-refractivity contribution < 1.29 is 4.79 Å². The van der Waals surface area contributed by atoms with Crippen molar-refractivity contribution in [2.75, 3.05) is 11.9 Å². The second kappa shape index (κ2) is 2.84. The molecule has 1 aromatic heterocycles. The van der Waals surface area contributed by atoms with Gasteiger partial charge in [0.15, 0.2) is 0 Å². The minimum absolute atomic E-state index is 0.178. The summed E-state index contributed by atoms with van der Waals surface area (Å²) in [5.41, 5.74) is 0. The van der Waals surface area contributed by atoms with E-state index in [1.54, 1.807) is 7.05 Å². The lowest BCUT2D eigenvalue weighted by Gasteiger charge is -2.10. The summed E-state index contributed by atoms with van der Waals surface area (Å²) in [4.78, 5) is 12.2. The van der Waals surface area contributed by atoms with E-state index in [0.717, 1.165) is 5.00 Å². The Bertz CT molecular complexity index is 218. The molecule has 1 rings (SSSR count). The molecule has 10 heavy (non-hydrogen) atoms. The lowest BCUT2D eigenvalue weighted by molar-refractivity contribution is -0.114. The molecule has 0 aliphatic rings. The average molecular weight is 154 g/mol. The number of hydrogen-bond acceptors (Lipinski definition) is 2. The maximum Gasteiger partial charge on any atom is 0.227 e. The summed E-state index contributed by atoms with van der Waals surface area (Å²) in [6.45, 7) is 3.29. The molecule has 0 aliphatic carbocycles. The van der Waals surface area contributed by atoms with Crippen LogP contribution in [0.1, 0.15) is 0 Å². The van der Waals surface area contributed by atoms with E-state index in [4.69, 9.17) is 0 Å². The molecule has 53 valence electrons. The minimum atomic E-state index is -0.178. The summed E-state index contributed by atoms with van der Waals surface area (Å²) >= 11 is 1.52. The Kier molecular flexibility index (Phi) is 2.06. The van der Waals surface area contributed by atoms with Gasteiger partial charge in [0, 0.05) is 14.0 Å². The highest BCUT2D eigenvalue weighted by atomic mass is 32.1. The normalized spacial score (nSPS) is 9.40. The Balaban J connectivity index is 2.77. The number of carbonyl (C=O) groups excluding carboxylic acids is 1. The van der Waals surface area contributed by atoms with Gasteiger partial charge in [-0.05, 0) is 17.5 Å². The number of thiophene rings is 1. The van der Waals surface area contributed by atoms with Gasteiger partial charge in [-0.3, -0.25) is 4.79 Å². The average Bonchev–Trinajstić information content (AvgIpc) is 2.36. The zero-order chi connectivity index (χ0) is 7.56. The molecule has 1 heterocycles. The smallest absolute Gasteiger partial charge is 0.227 e. The van der Waals surface area contributed by atoms with Crippen molar-refractivity contribution in [1.29, 1.82) is 0 Å². The van der Waals surface area contributed by atoms with Crippen molar-refractivity contribution in [3.05, 3.63) is 24.4 Å². The Hall–Kier alpha value is -0.830. The summed E-state index contributed by atoms with van der Waals surface area (Å²) in [6, 6.07) is 3.78. The SMILES string of the molecule is [CH2]C(=O)N(C)c1cccs1. The first-order chi connectivity index (χ1) is 4.72. The summed E-state index contributed by atoms with van der Waals surface area (Å²) in [5, 5.41) is 2.86. The topological polar surface area (TPSA) is 20.3 Å². The van der Waals surface area contributed by atoms with E-state index < -0.39 is 0 Å². The van der Waals surface area contributed by atoms with Gasteiger partial charge in [-0.2, -0.15) is 0 Å². The van der Waals surface area contributed by atoms with E-state index in [1.807, 2.05) is 17.5 Å². The van der Waals surface area contributed by atoms with Crippen molar-refractivity contribution in [2.45, 2.75) is 0 Å². The fourth-order valence-electron chi connectivity index (χ4n) is 0.584. The highest BCUT2D eigenvalue weighted by Crippen LogP contribution is 2.18. The van der Waals surface area contributed by atoms with Crippen LogP contribution in [-0.2, 0) is 4.79 Å². The molecule has 3 heteroatoms. The van der Waals surface area contributed by atoms with Gasteiger partial charge in [0.05, 0.1) is 5.00 Å². The van der Waals surface area contributed by atoms with E-state index in [2.05, 4.69) is 6.92 Å². The second-order valence-corrected chi connectivity index (χ2v) is 2.83. The van der Waals surface area contributed by atoms with Gasteiger partial charge in [-0.25, -0.2) is 0 Å². The van der Waals surface area contributed by atoms with Gasteiger partial charge in [0.1, 0.15) is 0 Å². The van der Waals surface area contributed by atoms with Crippen molar-refractivity contribution >= 4 is 22.2 Å². The van der Waals surface area contributed by atoms with Gasteiger partial charge in [-0.1, -0.05) is 0 Å². The van der Waals surface area contributed by atoms with Crippen molar-refractivity contribution in [3.63, 3.8) is 0 Å². The van der Waals surface area contributed by atoms with Crippen LogP contribution in [0.3, 0.4) is 0 Å². The quantitative estimate of drug-likeness (QED) is 0.601. The zero-order valence-corrected chi connectivity index (χ0v) is 6.52. The molecule has 1 radical (unpaired) electrons. The lowest BCUT2D eigenvalue weighted by atomic mass is 10.5. The van der Waals surface area contributed by atoms with Crippen LogP contribution in [0.2, 0.25) is 0 Å². The molecule has 0 N–H and O–H groups in total. The van der Waals surface area contributed by atoms with Crippen LogP contribution in [0.15, 0.2) is 17.5 Å². The first kappa shape index (κ1) is 7.28. The monoisotopic (exact) mass is 154 g/mol. The van der Waals surface area contributed by atoms with Crippen molar-refractivity contribution in [1.82, 2.24) is 0 Å². The molecular formula is C7H8NOS. The number of rotatable bonds is 1. The van der Waals surface area contributed by atoms with Gasteiger partial charge in [-0.15, -0.1) is 11.3 Å². The van der Waals surface area contributed by atoms with Crippen LogP contribution in [0.25, 0.3) is 0 Å². The molecule has 0 bridgehead atoms. The van der Waals surface area contributed by atoms with Gasteiger partial charge in [0.25, 0.3) is 0 Å². The Morgan fingerprint density at radius 1 is 1.80 bits per heavy atom. The fraction of sp³-hybridized carbons (Fsp3) is 0.143. The summed E-state index contributed by atoms with van der Waals surface area (Å²) < 4.78 is 0. The third-order valence-corrected chi connectivity index (χ3v) is 2.16. The van der Waals surface area contributed by atoms with E-state index in [-0.39, 0.29) is 5.91 Å². The maximum atomic E-state index is 10.7. The first-order valence-corrected chi connectivity index (χ1v) is 3.73. The highest BCUT2D eigenvalue weighted by molar-refractivity contribution is 7.14. The molecule has 0 aliphatic heterocycles. The largest absolute Gasteiger partial charge is 0.307 e. The van der Waals surface area contributed by atoms with Crippen LogP contribution < -0.4 is 4.90 Å². The fourth-order valence-corrected chi connectivity index (χ4v) is 1.30. The molecule has 2 nitrogen and oxygen atoms in total. The lowest BCUT2D eigenvalue weighted by Crippen LogP contribution is -2.21. The molecule has 0 spiro atoms. The molecule has 1 aromatic rings. The summed E-state index contributed by atoms with van der Waals surface area (Å²) in [5.74, 6) is -0.178. The number of nitrogens with zero attached hydrogens (tertiary/aromatic N) is 1. The summed E-state index contributed by atoms with van der Waals surface area (Å²) in [7, 11) is 1.71. The minimum Gasteiger partial charge on any atom is -0.307 e. The molecule has 0 atom stereocenters. The highest BCUT2D eigenvalue weighted by Gasteiger charge is 2.04. The molecular weight excluding hydrogens is 146 g/mol. The van der Waals surface area contributed by atoms with Gasteiger partial charge in [0.2, 0.25) is 5.91 Å². The van der Waals surface area contributed by atoms with E-state index in [0.29, 0.717) is 0 Å². The van der Waals surface area contributed by atoms with Crippen LogP contribution in [-0.4, -0.2) is 13.0 Å². The predicted octanol–water partition coefficient (Wildman–Crippen LogP) is 1.54. The third kappa shape index (κ3) is 1.36. The molecule has 0 aromatic carbocycles. The molecule has 0 unspecified atom stereocenters. The predicted molar refractivity (Wildman–Crippen MR) is 43.1 cm³/mol. The van der Waals surface area contributed by atoms with Gasteiger partial charge < -0.3 is 4.90 Å². The third-order valence-electron chi connectivity index (χ3n) is 1.21. The first-order valence-electron chi connectivity index (χ1n) is 2.85. The number of hydrogen-bond donors (Lipinski definition) is 0. The van der Waals surface area contributed by atoms with Crippen LogP contribution in [0, 0.1) is 6.92 Å². The number of amides is 1. The standard InChI is InChI=1S/C7H8NOS/c1-6(9)8(2)7-4-3-5-10-7/h3-5H,1H2,2H3.